The zero-order chi connectivity index (χ0) is 22.0. The van der Waals surface area contributed by atoms with E-state index in [0.717, 1.165) is 0 Å². The first-order valence-corrected chi connectivity index (χ1v) is 10.1. The summed E-state index contributed by atoms with van der Waals surface area (Å²) in [4.78, 5) is 25.4. The van der Waals surface area contributed by atoms with E-state index < -0.39 is 5.91 Å². The van der Waals surface area contributed by atoms with Crippen LogP contribution in [0.3, 0.4) is 0 Å². The molecule has 0 saturated heterocycles. The van der Waals surface area contributed by atoms with Crippen LogP contribution in [0.25, 0.3) is 10.8 Å². The van der Waals surface area contributed by atoms with Crippen molar-refractivity contribution in [3.05, 3.63) is 100 Å². The van der Waals surface area contributed by atoms with E-state index in [1.807, 2.05) is 0 Å². The quantitative estimate of drug-likeness (QED) is 0.338. The van der Waals surface area contributed by atoms with Crippen LogP contribution in [0.5, 0.6) is 5.75 Å². The molecular formula is C24H16Cl2N2O3. The molecule has 0 aromatic heterocycles. The van der Waals surface area contributed by atoms with Gasteiger partial charge in [-0.3, -0.25) is 9.59 Å². The first-order chi connectivity index (χ1) is 14.9. The summed E-state index contributed by atoms with van der Waals surface area (Å²) in [6.45, 7) is 0. The summed E-state index contributed by atoms with van der Waals surface area (Å²) in [5.41, 5.74) is 1.38. The zero-order valence-electron chi connectivity index (χ0n) is 16.0. The lowest BCUT2D eigenvalue weighted by Crippen LogP contribution is -2.13. The van der Waals surface area contributed by atoms with Crippen molar-refractivity contribution >= 4 is 57.2 Å². The maximum absolute atomic E-state index is 12.7. The number of anilines is 2. The van der Waals surface area contributed by atoms with Crippen LogP contribution in [0.1, 0.15) is 20.7 Å². The molecule has 0 aliphatic rings. The van der Waals surface area contributed by atoms with Crippen LogP contribution in [0.15, 0.2) is 78.9 Å². The van der Waals surface area contributed by atoms with Gasteiger partial charge >= 0.3 is 0 Å². The highest BCUT2D eigenvalue weighted by Gasteiger charge is 2.15. The monoisotopic (exact) mass is 450 g/mol. The summed E-state index contributed by atoms with van der Waals surface area (Å²) in [6, 6.07) is 21.7. The minimum absolute atomic E-state index is 0.0658. The number of nitrogens with one attached hydrogen (secondary N) is 2. The third-order valence-corrected chi connectivity index (χ3v) is 5.36. The summed E-state index contributed by atoms with van der Waals surface area (Å²) in [6.07, 6.45) is 0. The van der Waals surface area contributed by atoms with Gasteiger partial charge in [0, 0.05) is 5.56 Å². The molecule has 2 amide bonds. The van der Waals surface area contributed by atoms with Gasteiger partial charge in [0.2, 0.25) is 0 Å². The summed E-state index contributed by atoms with van der Waals surface area (Å²) in [5.74, 6) is -1.03. The number of phenolic OH excluding ortho intramolecular Hbond substituents is 1. The molecule has 5 nitrogen and oxygen atoms in total. The number of hydrogen-bond donors (Lipinski definition) is 3. The standard InChI is InChI=1S/C24H16Cl2N2O3/c25-18-5-1-3-7-20(18)27-23(30)15-10-9-14-13-22(29)17(12-16(14)11-15)24(31)28-21-8-4-2-6-19(21)26/h1-13,29H,(H,27,30)(H,28,31). The topological polar surface area (TPSA) is 78.4 Å². The molecule has 154 valence electrons. The van der Waals surface area contributed by atoms with Gasteiger partial charge in [-0.2, -0.15) is 0 Å². The lowest BCUT2D eigenvalue weighted by molar-refractivity contribution is 0.101. The molecule has 31 heavy (non-hydrogen) atoms. The number of carbonyl (C=O) groups excluding carboxylic acids is 2. The van der Waals surface area contributed by atoms with Crippen LogP contribution in [-0.2, 0) is 0 Å². The van der Waals surface area contributed by atoms with Gasteiger partial charge in [0.25, 0.3) is 11.8 Å². The van der Waals surface area contributed by atoms with Crippen LogP contribution in [0.2, 0.25) is 10.0 Å². The first kappa shape index (κ1) is 20.7. The molecule has 7 heteroatoms. The first-order valence-electron chi connectivity index (χ1n) is 9.31. The van der Waals surface area contributed by atoms with Crippen molar-refractivity contribution in [2.75, 3.05) is 10.6 Å². The van der Waals surface area contributed by atoms with Crippen molar-refractivity contribution in [2.45, 2.75) is 0 Å². The zero-order valence-corrected chi connectivity index (χ0v) is 17.5. The summed E-state index contributed by atoms with van der Waals surface area (Å²) >= 11 is 12.2. The van der Waals surface area contributed by atoms with Crippen LogP contribution in [-0.4, -0.2) is 16.9 Å². The number of halogens is 2. The van der Waals surface area contributed by atoms with Crippen LogP contribution in [0, 0.1) is 0 Å². The molecule has 0 fully saturated rings. The number of rotatable bonds is 4. The highest BCUT2D eigenvalue weighted by Crippen LogP contribution is 2.29. The molecule has 0 radical (unpaired) electrons. The number of carbonyl (C=O) groups is 2. The minimum Gasteiger partial charge on any atom is -0.507 e. The van der Waals surface area contributed by atoms with E-state index in [-0.39, 0.29) is 17.2 Å². The Labute approximate surface area is 188 Å². The molecule has 0 spiro atoms. The van der Waals surface area contributed by atoms with Gasteiger partial charge < -0.3 is 15.7 Å². The van der Waals surface area contributed by atoms with Crippen molar-refractivity contribution in [2.24, 2.45) is 0 Å². The number of phenols is 1. The van der Waals surface area contributed by atoms with Gasteiger partial charge in [-0.15, -0.1) is 0 Å². The lowest BCUT2D eigenvalue weighted by Gasteiger charge is -2.11. The van der Waals surface area contributed by atoms with Gasteiger partial charge in [-0.25, -0.2) is 0 Å². The van der Waals surface area contributed by atoms with E-state index in [2.05, 4.69) is 10.6 Å². The number of amides is 2. The van der Waals surface area contributed by atoms with Gasteiger partial charge in [0.1, 0.15) is 5.75 Å². The van der Waals surface area contributed by atoms with Crippen LogP contribution in [0.4, 0.5) is 11.4 Å². The number of benzene rings is 4. The second-order valence-corrected chi connectivity index (χ2v) is 7.61. The third kappa shape index (κ3) is 4.48. The molecule has 4 aromatic carbocycles. The second-order valence-electron chi connectivity index (χ2n) is 6.80. The molecule has 4 aromatic rings. The van der Waals surface area contributed by atoms with E-state index in [4.69, 9.17) is 23.2 Å². The Bertz CT molecular complexity index is 1320. The Morgan fingerprint density at radius 3 is 1.87 bits per heavy atom. The van der Waals surface area contributed by atoms with E-state index >= 15 is 0 Å². The number of para-hydroxylation sites is 2. The Kier molecular flexibility index (Phi) is 5.80. The Morgan fingerprint density at radius 2 is 1.26 bits per heavy atom. The van der Waals surface area contributed by atoms with E-state index in [1.54, 1.807) is 66.7 Å². The van der Waals surface area contributed by atoms with E-state index in [1.165, 1.54) is 12.1 Å². The van der Waals surface area contributed by atoms with Crippen molar-refractivity contribution in [1.82, 2.24) is 0 Å². The van der Waals surface area contributed by atoms with Crippen LogP contribution < -0.4 is 10.6 Å². The molecule has 3 N–H and O–H groups in total. The Hall–Kier alpha value is -3.54. The highest BCUT2D eigenvalue weighted by molar-refractivity contribution is 6.34. The Balaban J connectivity index is 1.64. The third-order valence-electron chi connectivity index (χ3n) is 4.71. The number of hydrogen-bond acceptors (Lipinski definition) is 3. The molecule has 0 aliphatic heterocycles. The normalized spacial score (nSPS) is 10.6. The minimum atomic E-state index is -0.515. The van der Waals surface area contributed by atoms with E-state index in [9.17, 15) is 14.7 Å². The summed E-state index contributed by atoms with van der Waals surface area (Å²) < 4.78 is 0. The van der Waals surface area contributed by atoms with Crippen LogP contribution >= 0.6 is 23.2 Å². The fourth-order valence-electron chi connectivity index (χ4n) is 3.12. The molecule has 0 unspecified atom stereocenters. The fourth-order valence-corrected chi connectivity index (χ4v) is 3.48. The molecule has 0 heterocycles. The second kappa shape index (κ2) is 8.68. The van der Waals surface area contributed by atoms with Gasteiger partial charge in [0.05, 0.1) is 27.0 Å². The number of fused-ring (bicyclic) bond motifs is 1. The maximum Gasteiger partial charge on any atom is 0.259 e. The van der Waals surface area contributed by atoms with Crippen molar-refractivity contribution < 1.29 is 14.7 Å². The van der Waals surface area contributed by atoms with Gasteiger partial charge in [0.15, 0.2) is 0 Å². The number of aromatic hydroxyl groups is 1. The van der Waals surface area contributed by atoms with E-state index in [0.29, 0.717) is 37.8 Å². The highest BCUT2D eigenvalue weighted by atomic mass is 35.5. The summed E-state index contributed by atoms with van der Waals surface area (Å²) in [7, 11) is 0. The average molecular weight is 451 g/mol. The Morgan fingerprint density at radius 1 is 0.677 bits per heavy atom. The molecule has 0 atom stereocenters. The van der Waals surface area contributed by atoms with Gasteiger partial charge in [-0.05, 0) is 59.3 Å². The molecule has 4 rings (SSSR count). The van der Waals surface area contributed by atoms with Crippen molar-refractivity contribution in [1.29, 1.82) is 0 Å². The molecule has 0 saturated carbocycles. The SMILES string of the molecule is O=C(Nc1ccccc1Cl)c1ccc2cc(O)c(C(=O)Nc3ccccc3Cl)cc2c1. The molecule has 0 bridgehead atoms. The molecular weight excluding hydrogens is 435 g/mol. The summed E-state index contributed by atoms with van der Waals surface area (Å²) in [5, 5.41) is 17.9. The lowest BCUT2D eigenvalue weighted by atomic mass is 10.0. The predicted molar refractivity (Wildman–Crippen MR) is 124 cm³/mol. The smallest absolute Gasteiger partial charge is 0.259 e. The van der Waals surface area contributed by atoms with Gasteiger partial charge in [-0.1, -0.05) is 53.5 Å². The predicted octanol–water partition coefficient (Wildman–Crippen LogP) is 6.36. The largest absolute Gasteiger partial charge is 0.507 e. The fraction of sp³-hybridized carbons (Fsp3) is 0. The molecule has 0 aliphatic carbocycles. The average Bonchev–Trinajstić information content (AvgIpc) is 2.76. The van der Waals surface area contributed by atoms with Crippen molar-refractivity contribution in [3.63, 3.8) is 0 Å². The maximum atomic E-state index is 12.7. The van der Waals surface area contributed by atoms with Crippen molar-refractivity contribution in [3.8, 4) is 5.75 Å².